The molecule has 0 amide bonds. The highest BCUT2D eigenvalue weighted by Gasteiger charge is 2.19. The summed E-state index contributed by atoms with van der Waals surface area (Å²) in [6.07, 6.45) is 97.9. The van der Waals surface area contributed by atoms with Gasteiger partial charge in [-0.25, -0.2) is 0 Å². The van der Waals surface area contributed by atoms with Crippen LogP contribution in [-0.2, 0) is 28.6 Å². The van der Waals surface area contributed by atoms with Crippen LogP contribution in [0, 0.1) is 0 Å². The molecule has 0 spiro atoms. The van der Waals surface area contributed by atoms with Crippen LogP contribution in [0.2, 0.25) is 0 Å². The van der Waals surface area contributed by atoms with Gasteiger partial charge in [0.15, 0.2) is 6.10 Å². The minimum atomic E-state index is -0.817. The summed E-state index contributed by atoms with van der Waals surface area (Å²) < 4.78 is 16.8. The summed E-state index contributed by atoms with van der Waals surface area (Å²) in [7, 11) is 0. The van der Waals surface area contributed by atoms with E-state index in [-0.39, 0.29) is 37.5 Å². The van der Waals surface area contributed by atoms with Gasteiger partial charge in [0, 0.05) is 19.3 Å². The number of unbranched alkanes of at least 4 members (excludes halogenated alkanes) is 17. The molecule has 0 aliphatic rings. The van der Waals surface area contributed by atoms with E-state index in [4.69, 9.17) is 14.2 Å². The lowest BCUT2D eigenvalue weighted by Crippen LogP contribution is -2.30. The van der Waals surface area contributed by atoms with Crippen molar-refractivity contribution in [3.8, 4) is 0 Å². The van der Waals surface area contributed by atoms with Crippen molar-refractivity contribution in [2.75, 3.05) is 13.2 Å². The van der Waals surface area contributed by atoms with Gasteiger partial charge in [-0.3, -0.25) is 14.4 Å². The second-order valence-corrected chi connectivity index (χ2v) is 20.5. The highest BCUT2D eigenvalue weighted by Crippen LogP contribution is 2.13. The van der Waals surface area contributed by atoms with E-state index in [0.717, 1.165) is 167 Å². The first kappa shape index (κ1) is 74.8. The highest BCUT2D eigenvalue weighted by molar-refractivity contribution is 5.71. The quantitative estimate of drug-likeness (QED) is 0.0261. The lowest BCUT2D eigenvalue weighted by molar-refractivity contribution is -0.167. The van der Waals surface area contributed by atoms with E-state index >= 15 is 0 Å². The van der Waals surface area contributed by atoms with Gasteiger partial charge in [-0.05, 0) is 154 Å². The van der Waals surface area contributed by atoms with E-state index in [9.17, 15) is 14.4 Å². The Morgan fingerprint density at radius 1 is 0.263 bits per heavy atom. The van der Waals surface area contributed by atoms with E-state index in [2.05, 4.69) is 191 Å². The first-order valence-electron chi connectivity index (χ1n) is 32.1. The number of carbonyl (C=O) groups excluding carboxylic acids is 3. The maximum absolute atomic E-state index is 12.9. The van der Waals surface area contributed by atoms with Gasteiger partial charge in [-0.2, -0.15) is 0 Å². The van der Waals surface area contributed by atoms with Crippen molar-refractivity contribution in [3.63, 3.8) is 0 Å². The molecule has 6 heteroatoms. The fraction of sp³-hybridized carbons (Fsp3) is 0.581. The lowest BCUT2D eigenvalue weighted by atomic mass is 10.1. The summed E-state index contributed by atoms with van der Waals surface area (Å²) in [5.74, 6) is -0.987. The first-order chi connectivity index (χ1) is 39.5. The number of allylic oxidation sites excluding steroid dienone is 28. The average molecular weight is 1100 g/mol. The Kier molecular flexibility index (Phi) is 61.9. The van der Waals surface area contributed by atoms with E-state index in [0.29, 0.717) is 19.3 Å². The number of hydrogen-bond donors (Lipinski definition) is 0. The topological polar surface area (TPSA) is 78.9 Å². The van der Waals surface area contributed by atoms with Crippen LogP contribution < -0.4 is 0 Å². The molecule has 1 unspecified atom stereocenters. The summed E-state index contributed by atoms with van der Waals surface area (Å²) in [4.78, 5) is 38.2. The van der Waals surface area contributed by atoms with Crippen LogP contribution in [0.15, 0.2) is 170 Å². The molecule has 0 radical (unpaired) electrons. The minimum Gasteiger partial charge on any atom is -0.462 e. The summed E-state index contributed by atoms with van der Waals surface area (Å²) in [5, 5.41) is 0. The first-order valence-corrected chi connectivity index (χ1v) is 32.1. The van der Waals surface area contributed by atoms with Gasteiger partial charge in [0.1, 0.15) is 13.2 Å². The van der Waals surface area contributed by atoms with Gasteiger partial charge >= 0.3 is 17.9 Å². The summed E-state index contributed by atoms with van der Waals surface area (Å²) in [5.41, 5.74) is 0. The predicted octanol–water partition coefficient (Wildman–Crippen LogP) is 22.3. The molecule has 448 valence electrons. The Morgan fingerprint density at radius 3 is 0.800 bits per heavy atom. The van der Waals surface area contributed by atoms with Gasteiger partial charge in [0.25, 0.3) is 0 Å². The number of ether oxygens (including phenoxy) is 3. The Morgan fingerprint density at radius 2 is 0.487 bits per heavy atom. The van der Waals surface area contributed by atoms with Crippen LogP contribution in [-0.4, -0.2) is 37.2 Å². The zero-order chi connectivity index (χ0) is 57.8. The Bertz CT molecular complexity index is 1840. The van der Waals surface area contributed by atoms with Crippen LogP contribution in [0.5, 0.6) is 0 Å². The summed E-state index contributed by atoms with van der Waals surface area (Å²) in [6, 6.07) is 0. The molecule has 0 saturated carbocycles. The van der Waals surface area contributed by atoms with E-state index in [1.807, 2.05) is 0 Å². The fourth-order valence-corrected chi connectivity index (χ4v) is 8.18. The molecule has 0 saturated heterocycles. The fourth-order valence-electron chi connectivity index (χ4n) is 8.18. The lowest BCUT2D eigenvalue weighted by Gasteiger charge is -2.18. The zero-order valence-electron chi connectivity index (χ0n) is 51.3. The normalized spacial score (nSPS) is 13.3. The number of rotatable bonds is 56. The molecular weight excluding hydrogens is 985 g/mol. The Labute approximate surface area is 492 Å². The third-order valence-electron chi connectivity index (χ3n) is 12.9. The molecule has 0 aliphatic heterocycles. The summed E-state index contributed by atoms with van der Waals surface area (Å²) >= 11 is 0. The second-order valence-electron chi connectivity index (χ2n) is 20.5. The zero-order valence-corrected chi connectivity index (χ0v) is 51.3. The summed E-state index contributed by atoms with van der Waals surface area (Å²) in [6.45, 7) is 6.34. The Hall–Kier alpha value is -5.23. The molecule has 0 bridgehead atoms. The standard InChI is InChI=1S/C74H116O6/c1-4-7-10-13-16-19-22-25-28-29-30-31-32-33-34-35-36-37-38-39-40-41-42-43-44-45-47-49-52-55-58-61-64-67-73(76)79-70-71(69-78-72(75)66-63-60-57-54-51-48-27-24-21-18-15-12-9-6-3)80-74(77)68-65-62-59-56-53-50-46-26-23-20-17-14-11-8-5-2/h7-8,10-11,16-17,19-20,24-28,30-31,33-34,36-37,39-40,42-43,45-47,52,55,71H,4-6,9,12-15,18,21-23,29,32,35,38,41,44,48-51,53-54,56-70H2,1-3H3/b10-7-,11-8-,19-16-,20-17-,27-24-,28-25-,31-30-,34-33-,37-36-,40-39-,43-42-,46-26-,47-45-,55-52-. The van der Waals surface area contributed by atoms with Crippen molar-refractivity contribution in [2.24, 2.45) is 0 Å². The molecule has 0 heterocycles. The van der Waals surface area contributed by atoms with Crippen LogP contribution in [0.1, 0.15) is 258 Å². The van der Waals surface area contributed by atoms with Gasteiger partial charge in [0.05, 0.1) is 0 Å². The monoisotopic (exact) mass is 1100 g/mol. The molecular formula is C74H116O6. The molecule has 0 aromatic carbocycles. The van der Waals surface area contributed by atoms with Crippen LogP contribution in [0.3, 0.4) is 0 Å². The van der Waals surface area contributed by atoms with Crippen molar-refractivity contribution in [1.29, 1.82) is 0 Å². The van der Waals surface area contributed by atoms with Crippen LogP contribution >= 0.6 is 0 Å². The van der Waals surface area contributed by atoms with Crippen LogP contribution in [0.25, 0.3) is 0 Å². The average Bonchev–Trinajstić information content (AvgIpc) is 3.46. The molecule has 0 aromatic heterocycles. The SMILES string of the molecule is CC/C=C\C/C=C\C/C=C\C/C=C\C/C=C\C/C=C\C/C=C\C/C=C\C/C=C\C/C=C\CCCCC(=O)OCC(COC(=O)CCCCCCC/C=C\CCCCCCC)OC(=O)CCCCCCC/C=C\C/C=C\C/C=C\CC. The van der Waals surface area contributed by atoms with Crippen molar-refractivity contribution in [3.05, 3.63) is 170 Å². The number of esters is 3. The van der Waals surface area contributed by atoms with E-state index < -0.39 is 6.10 Å². The Balaban J connectivity index is 4.42. The van der Waals surface area contributed by atoms with Crippen LogP contribution in [0.4, 0.5) is 0 Å². The van der Waals surface area contributed by atoms with Gasteiger partial charge in [0.2, 0.25) is 0 Å². The highest BCUT2D eigenvalue weighted by atomic mass is 16.6. The predicted molar refractivity (Wildman–Crippen MR) is 348 cm³/mol. The molecule has 6 nitrogen and oxygen atoms in total. The number of hydrogen-bond acceptors (Lipinski definition) is 6. The van der Waals surface area contributed by atoms with Gasteiger partial charge in [-0.1, -0.05) is 255 Å². The third kappa shape index (κ3) is 63.6. The molecule has 80 heavy (non-hydrogen) atoms. The number of carbonyl (C=O) groups is 3. The van der Waals surface area contributed by atoms with Crippen molar-refractivity contribution < 1.29 is 28.6 Å². The maximum Gasteiger partial charge on any atom is 0.306 e. The molecule has 0 fully saturated rings. The molecule has 1 atom stereocenters. The van der Waals surface area contributed by atoms with Crippen molar-refractivity contribution >= 4 is 17.9 Å². The molecule has 0 rings (SSSR count). The van der Waals surface area contributed by atoms with E-state index in [1.165, 1.54) is 44.9 Å². The molecule has 0 aromatic rings. The van der Waals surface area contributed by atoms with Crippen molar-refractivity contribution in [1.82, 2.24) is 0 Å². The third-order valence-corrected chi connectivity index (χ3v) is 12.9. The molecule has 0 aliphatic carbocycles. The van der Waals surface area contributed by atoms with Crippen molar-refractivity contribution in [2.45, 2.75) is 264 Å². The molecule has 0 N–H and O–H groups in total. The smallest absolute Gasteiger partial charge is 0.306 e. The van der Waals surface area contributed by atoms with Gasteiger partial charge < -0.3 is 14.2 Å². The minimum absolute atomic E-state index is 0.110. The second kappa shape index (κ2) is 66.3. The van der Waals surface area contributed by atoms with Gasteiger partial charge in [-0.15, -0.1) is 0 Å². The maximum atomic E-state index is 12.9. The largest absolute Gasteiger partial charge is 0.462 e. The van der Waals surface area contributed by atoms with E-state index in [1.54, 1.807) is 0 Å².